The van der Waals surface area contributed by atoms with Crippen LogP contribution in [0.3, 0.4) is 0 Å². The lowest BCUT2D eigenvalue weighted by Gasteiger charge is -2.12. The van der Waals surface area contributed by atoms with Crippen molar-refractivity contribution in [3.8, 4) is 0 Å². The number of carbonyl (C=O) groups is 1. The normalized spacial score (nSPS) is 11.9. The Morgan fingerprint density at radius 2 is 1.89 bits per heavy atom. The van der Waals surface area contributed by atoms with E-state index in [2.05, 4.69) is 5.32 Å². The van der Waals surface area contributed by atoms with E-state index in [1.165, 1.54) is 0 Å². The maximum absolute atomic E-state index is 11.9. The van der Waals surface area contributed by atoms with E-state index in [1.54, 1.807) is 36.4 Å². The average Bonchev–Trinajstić information content (AvgIpc) is 2.43. The zero-order valence-electron chi connectivity index (χ0n) is 10.4. The van der Waals surface area contributed by atoms with Crippen LogP contribution in [-0.2, 0) is 4.79 Å². The lowest BCUT2D eigenvalue weighted by Crippen LogP contribution is -2.20. The number of rotatable bonds is 3. The number of carbonyl (C=O) groups excluding carboxylic acids is 1. The molecule has 1 atom stereocenters. The molecule has 0 aliphatic carbocycles. The summed E-state index contributed by atoms with van der Waals surface area (Å²) >= 11 is 5.98. The molecule has 4 heteroatoms. The van der Waals surface area contributed by atoms with Crippen LogP contribution in [-0.4, -0.2) is 11.0 Å². The molecule has 2 N–H and O–H groups in total. The van der Waals surface area contributed by atoms with E-state index in [4.69, 9.17) is 11.6 Å². The minimum absolute atomic E-state index is 0.480. The first-order valence-corrected chi connectivity index (χ1v) is 6.26. The van der Waals surface area contributed by atoms with Crippen LogP contribution in [0.5, 0.6) is 0 Å². The zero-order chi connectivity index (χ0) is 13.8. The van der Waals surface area contributed by atoms with Crippen LogP contribution in [0.1, 0.15) is 17.2 Å². The molecule has 0 bridgehead atoms. The summed E-state index contributed by atoms with van der Waals surface area (Å²) in [6.45, 7) is 1.88. The smallest absolute Gasteiger partial charge is 0.257 e. The van der Waals surface area contributed by atoms with Crippen molar-refractivity contribution in [3.05, 3.63) is 64.7 Å². The van der Waals surface area contributed by atoms with Gasteiger partial charge in [0.2, 0.25) is 0 Å². The van der Waals surface area contributed by atoms with Gasteiger partial charge in [-0.05, 0) is 30.2 Å². The van der Waals surface area contributed by atoms with Gasteiger partial charge in [0, 0.05) is 10.7 Å². The highest BCUT2D eigenvalue weighted by molar-refractivity contribution is 6.31. The summed E-state index contributed by atoms with van der Waals surface area (Å²) in [5.74, 6) is -0.480. The van der Waals surface area contributed by atoms with E-state index in [9.17, 15) is 9.90 Å². The number of amides is 1. The van der Waals surface area contributed by atoms with Gasteiger partial charge < -0.3 is 10.4 Å². The molecule has 0 fully saturated rings. The summed E-state index contributed by atoms with van der Waals surface area (Å²) in [7, 11) is 0. The molecule has 2 rings (SSSR count). The van der Waals surface area contributed by atoms with Crippen molar-refractivity contribution < 1.29 is 9.90 Å². The second kappa shape index (κ2) is 5.87. The van der Waals surface area contributed by atoms with Crippen LogP contribution < -0.4 is 5.32 Å². The lowest BCUT2D eigenvalue weighted by molar-refractivity contribution is -0.124. The quantitative estimate of drug-likeness (QED) is 0.903. The Morgan fingerprint density at radius 1 is 1.21 bits per heavy atom. The van der Waals surface area contributed by atoms with Gasteiger partial charge in [-0.1, -0.05) is 48.0 Å². The summed E-state index contributed by atoms with van der Waals surface area (Å²) in [5, 5.41) is 13.1. The van der Waals surface area contributed by atoms with Gasteiger partial charge in [0.05, 0.1) is 0 Å². The van der Waals surface area contributed by atoms with Crippen LogP contribution in [0.2, 0.25) is 5.02 Å². The third-order valence-corrected chi connectivity index (χ3v) is 3.21. The topological polar surface area (TPSA) is 49.3 Å². The van der Waals surface area contributed by atoms with E-state index in [1.807, 2.05) is 19.1 Å². The summed E-state index contributed by atoms with van der Waals surface area (Å²) in [4.78, 5) is 11.9. The fourth-order valence-electron chi connectivity index (χ4n) is 1.67. The van der Waals surface area contributed by atoms with E-state index < -0.39 is 12.0 Å². The third kappa shape index (κ3) is 3.34. The molecule has 0 saturated heterocycles. The minimum atomic E-state index is -1.19. The molecule has 2 aromatic carbocycles. The first-order valence-electron chi connectivity index (χ1n) is 5.88. The summed E-state index contributed by atoms with van der Waals surface area (Å²) in [6.07, 6.45) is -1.19. The molecule has 0 saturated carbocycles. The Kier molecular flexibility index (Phi) is 4.20. The molecule has 0 aliphatic heterocycles. The number of hydrogen-bond donors (Lipinski definition) is 2. The van der Waals surface area contributed by atoms with Crippen LogP contribution in [0, 0.1) is 6.92 Å². The van der Waals surface area contributed by atoms with Gasteiger partial charge in [-0.2, -0.15) is 0 Å². The van der Waals surface area contributed by atoms with E-state index >= 15 is 0 Å². The molecular formula is C15H14ClNO2. The van der Waals surface area contributed by atoms with E-state index in [0.717, 1.165) is 5.56 Å². The monoisotopic (exact) mass is 275 g/mol. The second-order valence-corrected chi connectivity index (χ2v) is 4.67. The third-order valence-electron chi connectivity index (χ3n) is 2.80. The zero-order valence-corrected chi connectivity index (χ0v) is 11.2. The van der Waals surface area contributed by atoms with Crippen LogP contribution in [0.25, 0.3) is 0 Å². The molecule has 0 aromatic heterocycles. The van der Waals surface area contributed by atoms with Crippen molar-refractivity contribution in [2.24, 2.45) is 0 Å². The van der Waals surface area contributed by atoms with Crippen LogP contribution in [0.15, 0.2) is 48.5 Å². The Balaban J connectivity index is 2.10. The molecule has 0 heterocycles. The molecular weight excluding hydrogens is 262 g/mol. The number of aryl methyl sites for hydroxylation is 1. The fourth-order valence-corrected chi connectivity index (χ4v) is 1.85. The van der Waals surface area contributed by atoms with Gasteiger partial charge in [0.1, 0.15) is 0 Å². The number of aliphatic hydroxyl groups excluding tert-OH is 1. The Bertz CT molecular complexity index is 584. The minimum Gasteiger partial charge on any atom is -0.378 e. The average molecular weight is 276 g/mol. The maximum atomic E-state index is 11.9. The van der Waals surface area contributed by atoms with Gasteiger partial charge in [-0.3, -0.25) is 4.79 Å². The van der Waals surface area contributed by atoms with Gasteiger partial charge >= 0.3 is 0 Å². The molecule has 1 amide bonds. The summed E-state index contributed by atoms with van der Waals surface area (Å²) in [5.41, 5.74) is 2.05. The van der Waals surface area contributed by atoms with E-state index in [-0.39, 0.29) is 0 Å². The Morgan fingerprint density at radius 3 is 2.53 bits per heavy atom. The first-order chi connectivity index (χ1) is 9.08. The van der Waals surface area contributed by atoms with Gasteiger partial charge in [0.15, 0.2) is 6.10 Å². The van der Waals surface area contributed by atoms with Crippen molar-refractivity contribution in [1.82, 2.24) is 0 Å². The molecule has 0 aliphatic rings. The Hall–Kier alpha value is -1.84. The number of halogens is 1. The van der Waals surface area contributed by atoms with Crippen molar-refractivity contribution >= 4 is 23.2 Å². The number of nitrogens with one attached hydrogen (secondary N) is 1. The predicted molar refractivity (Wildman–Crippen MR) is 76.2 cm³/mol. The lowest BCUT2D eigenvalue weighted by atomic mass is 10.1. The molecule has 0 spiro atoms. The molecule has 19 heavy (non-hydrogen) atoms. The molecule has 2 aromatic rings. The first kappa shape index (κ1) is 13.6. The SMILES string of the molecule is Cc1ccc(NC(=O)C(O)c2ccccc2)cc1Cl. The van der Waals surface area contributed by atoms with Gasteiger partial charge in [0.25, 0.3) is 5.91 Å². The highest BCUT2D eigenvalue weighted by atomic mass is 35.5. The molecule has 98 valence electrons. The number of benzene rings is 2. The Labute approximate surface area is 116 Å². The molecule has 3 nitrogen and oxygen atoms in total. The maximum Gasteiger partial charge on any atom is 0.257 e. The highest BCUT2D eigenvalue weighted by Crippen LogP contribution is 2.21. The largest absolute Gasteiger partial charge is 0.378 e. The highest BCUT2D eigenvalue weighted by Gasteiger charge is 2.17. The van der Waals surface area contributed by atoms with Gasteiger partial charge in [-0.25, -0.2) is 0 Å². The molecule has 1 unspecified atom stereocenters. The predicted octanol–water partition coefficient (Wildman–Crippen LogP) is 3.32. The standard InChI is InChI=1S/C15H14ClNO2/c1-10-7-8-12(9-13(10)16)17-15(19)14(18)11-5-3-2-4-6-11/h2-9,14,18H,1H3,(H,17,19). The van der Waals surface area contributed by atoms with Crippen LogP contribution >= 0.6 is 11.6 Å². The second-order valence-electron chi connectivity index (χ2n) is 4.27. The van der Waals surface area contributed by atoms with Crippen molar-refractivity contribution in [2.45, 2.75) is 13.0 Å². The van der Waals surface area contributed by atoms with Gasteiger partial charge in [-0.15, -0.1) is 0 Å². The van der Waals surface area contributed by atoms with Crippen molar-refractivity contribution in [2.75, 3.05) is 5.32 Å². The van der Waals surface area contributed by atoms with Crippen LogP contribution in [0.4, 0.5) is 5.69 Å². The summed E-state index contributed by atoms with van der Waals surface area (Å²) < 4.78 is 0. The number of aliphatic hydroxyl groups is 1. The van der Waals surface area contributed by atoms with Crippen molar-refractivity contribution in [3.63, 3.8) is 0 Å². The number of anilines is 1. The summed E-state index contributed by atoms with van der Waals surface area (Å²) in [6, 6.07) is 14.0. The molecule has 0 radical (unpaired) electrons. The van der Waals surface area contributed by atoms with Crippen molar-refractivity contribution in [1.29, 1.82) is 0 Å². The fraction of sp³-hybridized carbons (Fsp3) is 0.133. The van der Waals surface area contributed by atoms with E-state index in [0.29, 0.717) is 16.3 Å². The number of hydrogen-bond acceptors (Lipinski definition) is 2.